The maximum atomic E-state index is 9.67. The van der Waals surface area contributed by atoms with Gasteiger partial charge >= 0.3 is 0 Å². The molecule has 1 aromatic heterocycles. The number of rotatable bonds is 3. The van der Waals surface area contributed by atoms with E-state index < -0.39 is 0 Å². The largest absolute Gasteiger partial charge is 0.506 e. The van der Waals surface area contributed by atoms with E-state index >= 15 is 0 Å². The van der Waals surface area contributed by atoms with Gasteiger partial charge in [-0.3, -0.25) is 4.57 Å². The fraction of sp³-hybridized carbons (Fsp3) is 0.200. The molecule has 1 aromatic carbocycles. The van der Waals surface area contributed by atoms with E-state index in [4.69, 9.17) is 5.73 Å². The number of aromatic nitrogens is 3. The van der Waals surface area contributed by atoms with E-state index in [1.54, 1.807) is 29.1 Å². The van der Waals surface area contributed by atoms with Gasteiger partial charge in [-0.25, -0.2) is 0 Å². The summed E-state index contributed by atoms with van der Waals surface area (Å²) < 4.78 is 1.74. The van der Waals surface area contributed by atoms with Crippen LogP contribution in [0.1, 0.15) is 5.82 Å². The van der Waals surface area contributed by atoms with E-state index in [0.29, 0.717) is 18.7 Å². The summed E-state index contributed by atoms with van der Waals surface area (Å²) in [5.74, 6) is 0.953. The average Bonchev–Trinajstić information content (AvgIpc) is 2.67. The topological polar surface area (TPSA) is 77.0 Å². The monoisotopic (exact) mass is 204 g/mol. The second kappa shape index (κ2) is 4.10. The number of hydrogen-bond acceptors (Lipinski definition) is 4. The van der Waals surface area contributed by atoms with Gasteiger partial charge in [0.15, 0.2) is 0 Å². The van der Waals surface area contributed by atoms with Crippen molar-refractivity contribution in [1.29, 1.82) is 0 Å². The highest BCUT2D eigenvalue weighted by atomic mass is 16.3. The van der Waals surface area contributed by atoms with Crippen molar-refractivity contribution in [1.82, 2.24) is 14.8 Å². The van der Waals surface area contributed by atoms with Crippen molar-refractivity contribution in [2.45, 2.75) is 6.42 Å². The third kappa shape index (κ3) is 1.82. The van der Waals surface area contributed by atoms with Crippen LogP contribution >= 0.6 is 0 Å². The first-order chi connectivity index (χ1) is 7.33. The summed E-state index contributed by atoms with van der Waals surface area (Å²) in [6.45, 7) is 0.506. The highest BCUT2D eigenvalue weighted by Crippen LogP contribution is 2.21. The lowest BCUT2D eigenvalue weighted by Gasteiger charge is -2.07. The highest BCUT2D eigenvalue weighted by molar-refractivity contribution is 5.45. The molecule has 0 saturated heterocycles. The summed E-state index contributed by atoms with van der Waals surface area (Å²) in [6, 6.07) is 7.05. The minimum Gasteiger partial charge on any atom is -0.506 e. The van der Waals surface area contributed by atoms with E-state index in [-0.39, 0.29) is 5.75 Å². The van der Waals surface area contributed by atoms with Gasteiger partial charge in [0.25, 0.3) is 0 Å². The Morgan fingerprint density at radius 2 is 2.13 bits per heavy atom. The molecule has 0 spiro atoms. The smallest absolute Gasteiger partial charge is 0.139 e. The Labute approximate surface area is 87.2 Å². The van der Waals surface area contributed by atoms with Crippen LogP contribution in [-0.2, 0) is 6.42 Å². The Hall–Kier alpha value is -1.88. The zero-order valence-electron chi connectivity index (χ0n) is 8.17. The maximum absolute atomic E-state index is 9.67. The van der Waals surface area contributed by atoms with Crippen LogP contribution in [-0.4, -0.2) is 26.4 Å². The number of nitrogens with zero attached hydrogens (tertiary/aromatic N) is 3. The van der Waals surface area contributed by atoms with Crippen molar-refractivity contribution in [3.8, 4) is 11.4 Å². The van der Waals surface area contributed by atoms with Crippen molar-refractivity contribution in [2.75, 3.05) is 6.54 Å². The van der Waals surface area contributed by atoms with Crippen molar-refractivity contribution in [3.63, 3.8) is 0 Å². The van der Waals surface area contributed by atoms with Gasteiger partial charge in [-0.05, 0) is 18.7 Å². The molecule has 0 unspecified atom stereocenters. The summed E-state index contributed by atoms with van der Waals surface area (Å²) in [6.07, 6.45) is 2.20. The van der Waals surface area contributed by atoms with Crippen LogP contribution < -0.4 is 5.73 Å². The van der Waals surface area contributed by atoms with Crippen LogP contribution in [0.3, 0.4) is 0 Å². The van der Waals surface area contributed by atoms with Crippen molar-refractivity contribution < 1.29 is 5.11 Å². The number of aromatic hydroxyl groups is 1. The number of benzene rings is 1. The predicted molar refractivity (Wildman–Crippen MR) is 55.8 cm³/mol. The molecule has 0 fully saturated rings. The fourth-order valence-corrected chi connectivity index (χ4v) is 1.43. The summed E-state index contributed by atoms with van der Waals surface area (Å²) in [4.78, 5) is 0. The van der Waals surface area contributed by atoms with E-state index in [0.717, 1.165) is 5.82 Å². The quantitative estimate of drug-likeness (QED) is 0.762. The second-order valence-electron chi connectivity index (χ2n) is 3.14. The molecule has 0 saturated carbocycles. The van der Waals surface area contributed by atoms with Crippen molar-refractivity contribution >= 4 is 0 Å². The van der Waals surface area contributed by atoms with Crippen LogP contribution in [0.2, 0.25) is 0 Å². The van der Waals surface area contributed by atoms with Gasteiger partial charge in [-0.1, -0.05) is 12.1 Å². The first-order valence-electron chi connectivity index (χ1n) is 4.70. The molecule has 2 aromatic rings. The zero-order valence-corrected chi connectivity index (χ0v) is 8.17. The maximum Gasteiger partial charge on any atom is 0.139 e. The lowest BCUT2D eigenvalue weighted by Crippen LogP contribution is -2.08. The molecular weight excluding hydrogens is 192 g/mol. The third-order valence-electron chi connectivity index (χ3n) is 2.13. The number of nitrogens with two attached hydrogens (primary N) is 1. The SMILES string of the molecule is NCCc1nncn1-c1ccccc1O. The molecule has 1 heterocycles. The lowest BCUT2D eigenvalue weighted by molar-refractivity contribution is 0.471. The standard InChI is InChI=1S/C10H12N4O/c11-6-5-10-13-12-7-14(10)8-3-1-2-4-9(8)15/h1-4,7,15H,5-6,11H2. The third-order valence-corrected chi connectivity index (χ3v) is 2.13. The Morgan fingerprint density at radius 1 is 1.33 bits per heavy atom. The Bertz CT molecular complexity index is 452. The summed E-state index contributed by atoms with van der Waals surface area (Å²) in [5.41, 5.74) is 6.13. The molecule has 0 aliphatic rings. The number of phenolic OH excluding ortho intramolecular Hbond substituents is 1. The Morgan fingerprint density at radius 3 is 2.87 bits per heavy atom. The predicted octanol–water partition coefficient (Wildman–Crippen LogP) is 0.474. The van der Waals surface area contributed by atoms with Gasteiger partial charge in [-0.15, -0.1) is 10.2 Å². The molecule has 78 valence electrons. The molecule has 0 aliphatic carbocycles. The van der Waals surface area contributed by atoms with Crippen LogP contribution in [0, 0.1) is 0 Å². The van der Waals surface area contributed by atoms with Gasteiger partial charge in [0.05, 0.1) is 5.69 Å². The van der Waals surface area contributed by atoms with E-state index in [1.165, 1.54) is 0 Å². The number of phenols is 1. The molecule has 15 heavy (non-hydrogen) atoms. The van der Waals surface area contributed by atoms with Gasteiger partial charge in [-0.2, -0.15) is 0 Å². The molecular formula is C10H12N4O. The first kappa shape index (κ1) is 9.67. The lowest BCUT2D eigenvalue weighted by atomic mass is 10.3. The molecule has 2 rings (SSSR count). The second-order valence-corrected chi connectivity index (χ2v) is 3.14. The van der Waals surface area contributed by atoms with E-state index in [9.17, 15) is 5.11 Å². The highest BCUT2D eigenvalue weighted by Gasteiger charge is 2.08. The number of para-hydroxylation sites is 2. The van der Waals surface area contributed by atoms with Gasteiger partial charge in [0.1, 0.15) is 17.9 Å². The normalized spacial score (nSPS) is 10.5. The minimum atomic E-state index is 0.204. The molecule has 0 amide bonds. The molecule has 0 bridgehead atoms. The van der Waals surface area contributed by atoms with Crippen LogP contribution in [0.5, 0.6) is 5.75 Å². The molecule has 0 atom stereocenters. The summed E-state index contributed by atoms with van der Waals surface area (Å²) in [7, 11) is 0. The van der Waals surface area contributed by atoms with Crippen LogP contribution in [0.4, 0.5) is 0 Å². The van der Waals surface area contributed by atoms with Gasteiger partial charge < -0.3 is 10.8 Å². The van der Waals surface area contributed by atoms with Gasteiger partial charge in [0.2, 0.25) is 0 Å². The van der Waals surface area contributed by atoms with Crippen molar-refractivity contribution in [2.24, 2.45) is 5.73 Å². The first-order valence-corrected chi connectivity index (χ1v) is 4.70. The van der Waals surface area contributed by atoms with Crippen LogP contribution in [0.25, 0.3) is 5.69 Å². The fourth-order valence-electron chi connectivity index (χ4n) is 1.43. The Kier molecular flexibility index (Phi) is 2.64. The molecule has 0 aliphatic heterocycles. The zero-order chi connectivity index (χ0) is 10.7. The van der Waals surface area contributed by atoms with Crippen molar-refractivity contribution in [3.05, 3.63) is 36.4 Å². The average molecular weight is 204 g/mol. The van der Waals surface area contributed by atoms with E-state index in [2.05, 4.69) is 10.2 Å². The van der Waals surface area contributed by atoms with Crippen LogP contribution in [0.15, 0.2) is 30.6 Å². The minimum absolute atomic E-state index is 0.204. The molecule has 0 radical (unpaired) electrons. The molecule has 5 heteroatoms. The Balaban J connectivity index is 2.45. The van der Waals surface area contributed by atoms with E-state index in [1.807, 2.05) is 6.07 Å². The van der Waals surface area contributed by atoms with Gasteiger partial charge in [0, 0.05) is 6.42 Å². The summed E-state index contributed by atoms with van der Waals surface area (Å²) in [5, 5.41) is 17.4. The summed E-state index contributed by atoms with van der Waals surface area (Å²) >= 11 is 0. The molecule has 5 nitrogen and oxygen atoms in total. The number of hydrogen-bond donors (Lipinski definition) is 2. The molecule has 3 N–H and O–H groups in total.